The predicted molar refractivity (Wildman–Crippen MR) is 71.1 cm³/mol. The second-order valence-corrected chi connectivity index (χ2v) is 4.97. The number of amidine groups is 1. The smallest absolute Gasteiger partial charge is 0.144 e. The molecule has 104 valence electrons. The van der Waals surface area contributed by atoms with E-state index in [4.69, 9.17) is 15.7 Å². The van der Waals surface area contributed by atoms with Crippen LogP contribution in [-0.4, -0.2) is 24.7 Å². The Morgan fingerprint density at radius 3 is 2.89 bits per heavy atom. The molecule has 4 N–H and O–H groups in total. The quantitative estimate of drug-likeness (QED) is 0.319. The minimum Gasteiger partial charge on any atom is -0.494 e. The van der Waals surface area contributed by atoms with Gasteiger partial charge in [-0.05, 0) is 30.4 Å². The first-order valence-electron chi connectivity index (χ1n) is 6.12. The Bertz CT molecular complexity index is 487. The fraction of sp³-hybridized carbons (Fsp3) is 0.462. The Labute approximate surface area is 111 Å². The van der Waals surface area contributed by atoms with Gasteiger partial charge in [-0.2, -0.15) is 0 Å². The molecule has 2 rings (SSSR count). The molecule has 1 fully saturated rings. The van der Waals surface area contributed by atoms with Crippen molar-refractivity contribution in [3.05, 3.63) is 24.0 Å². The summed E-state index contributed by atoms with van der Waals surface area (Å²) in [6, 6.07) is 4.37. The van der Waals surface area contributed by atoms with Crippen molar-refractivity contribution < 1.29 is 14.3 Å². The van der Waals surface area contributed by atoms with E-state index in [1.807, 2.05) is 0 Å². The molecule has 1 saturated carbocycles. The number of hydrogen-bond donors (Lipinski definition) is 3. The number of nitrogens with two attached hydrogens (primary N) is 1. The first-order valence-corrected chi connectivity index (χ1v) is 6.12. The topological polar surface area (TPSA) is 79.9 Å². The highest BCUT2D eigenvalue weighted by atomic mass is 19.1. The van der Waals surface area contributed by atoms with Crippen LogP contribution < -0.4 is 15.8 Å². The Kier molecular flexibility index (Phi) is 3.78. The molecule has 0 bridgehead atoms. The van der Waals surface area contributed by atoms with E-state index in [2.05, 4.69) is 10.5 Å². The highest BCUT2D eigenvalue weighted by Gasteiger charge is 2.43. The van der Waals surface area contributed by atoms with Gasteiger partial charge in [0.15, 0.2) is 0 Å². The van der Waals surface area contributed by atoms with Crippen LogP contribution in [0.5, 0.6) is 5.75 Å². The third kappa shape index (κ3) is 3.27. The number of benzene rings is 1. The SMILES string of the molecule is COc1cc(F)ccc1NCC1(CC(N)=NO)CC1. The highest BCUT2D eigenvalue weighted by molar-refractivity contribution is 5.80. The number of methoxy groups -OCH3 is 1. The molecular weight excluding hydrogens is 249 g/mol. The molecule has 0 radical (unpaired) electrons. The summed E-state index contributed by atoms with van der Waals surface area (Å²) in [6.07, 6.45) is 2.61. The van der Waals surface area contributed by atoms with Gasteiger partial charge in [-0.25, -0.2) is 4.39 Å². The lowest BCUT2D eigenvalue weighted by molar-refractivity contribution is 0.315. The number of halogens is 1. The molecule has 0 atom stereocenters. The van der Waals surface area contributed by atoms with Crippen LogP contribution in [0.1, 0.15) is 19.3 Å². The minimum absolute atomic E-state index is 0.0374. The second-order valence-electron chi connectivity index (χ2n) is 4.97. The molecule has 0 saturated heterocycles. The van der Waals surface area contributed by atoms with Crippen LogP contribution in [0, 0.1) is 11.2 Å². The molecule has 0 aliphatic heterocycles. The number of nitrogens with one attached hydrogen (secondary N) is 1. The largest absolute Gasteiger partial charge is 0.494 e. The first-order chi connectivity index (χ1) is 9.08. The number of rotatable bonds is 6. The van der Waals surface area contributed by atoms with Crippen molar-refractivity contribution in [2.75, 3.05) is 19.0 Å². The summed E-state index contributed by atoms with van der Waals surface area (Å²) in [5.41, 5.74) is 6.32. The number of ether oxygens (including phenoxy) is 1. The molecule has 0 heterocycles. The van der Waals surface area contributed by atoms with Crippen LogP contribution in [-0.2, 0) is 0 Å². The van der Waals surface area contributed by atoms with Crippen molar-refractivity contribution in [2.45, 2.75) is 19.3 Å². The lowest BCUT2D eigenvalue weighted by atomic mass is 10.0. The maximum Gasteiger partial charge on any atom is 0.144 e. The standard InChI is InChI=1S/C13H18FN3O2/c1-19-11-6-9(14)2-3-10(11)16-8-13(4-5-13)7-12(15)17-18/h2-3,6,16,18H,4-5,7-8H2,1H3,(H2,15,17). The first kappa shape index (κ1) is 13.5. The van der Waals surface area contributed by atoms with Crippen molar-refractivity contribution in [3.8, 4) is 5.75 Å². The third-order valence-electron chi connectivity index (χ3n) is 3.46. The van der Waals surface area contributed by atoms with E-state index in [0.717, 1.165) is 18.5 Å². The molecule has 1 aromatic rings. The second kappa shape index (κ2) is 5.34. The molecule has 19 heavy (non-hydrogen) atoms. The van der Waals surface area contributed by atoms with Gasteiger partial charge in [-0.1, -0.05) is 5.16 Å². The summed E-state index contributed by atoms with van der Waals surface area (Å²) in [5.74, 6) is 0.380. The number of nitrogens with zero attached hydrogens (tertiary/aromatic N) is 1. The molecule has 5 nitrogen and oxygen atoms in total. The van der Waals surface area contributed by atoms with Crippen LogP contribution in [0.25, 0.3) is 0 Å². The van der Waals surface area contributed by atoms with Gasteiger partial charge in [0.25, 0.3) is 0 Å². The highest BCUT2D eigenvalue weighted by Crippen LogP contribution is 2.49. The molecule has 0 amide bonds. The normalized spacial score (nSPS) is 17.1. The monoisotopic (exact) mass is 267 g/mol. The molecule has 0 unspecified atom stereocenters. The molecule has 1 aliphatic carbocycles. The fourth-order valence-corrected chi connectivity index (χ4v) is 2.11. The van der Waals surface area contributed by atoms with Gasteiger partial charge in [-0.3, -0.25) is 0 Å². The average molecular weight is 267 g/mol. The summed E-state index contributed by atoms with van der Waals surface area (Å²) in [7, 11) is 1.50. The summed E-state index contributed by atoms with van der Waals surface area (Å²) in [6.45, 7) is 0.686. The fourth-order valence-electron chi connectivity index (χ4n) is 2.11. The van der Waals surface area contributed by atoms with Crippen molar-refractivity contribution in [2.24, 2.45) is 16.3 Å². The third-order valence-corrected chi connectivity index (χ3v) is 3.46. The minimum atomic E-state index is -0.333. The summed E-state index contributed by atoms with van der Waals surface area (Å²) in [4.78, 5) is 0. The maximum atomic E-state index is 13.1. The Balaban J connectivity index is 1.99. The van der Waals surface area contributed by atoms with Gasteiger partial charge >= 0.3 is 0 Å². The van der Waals surface area contributed by atoms with Crippen molar-refractivity contribution in [1.29, 1.82) is 0 Å². The zero-order chi connectivity index (χ0) is 13.9. The van der Waals surface area contributed by atoms with E-state index in [1.165, 1.54) is 19.2 Å². The van der Waals surface area contributed by atoms with Crippen LogP contribution in [0.15, 0.2) is 23.4 Å². The maximum absolute atomic E-state index is 13.1. The van der Waals surface area contributed by atoms with E-state index in [-0.39, 0.29) is 17.1 Å². The van der Waals surface area contributed by atoms with Crippen molar-refractivity contribution in [3.63, 3.8) is 0 Å². The van der Waals surface area contributed by atoms with Gasteiger partial charge in [0.1, 0.15) is 17.4 Å². The van der Waals surface area contributed by atoms with E-state index in [0.29, 0.717) is 18.7 Å². The van der Waals surface area contributed by atoms with Crippen molar-refractivity contribution in [1.82, 2.24) is 0 Å². The molecule has 0 spiro atoms. The number of oxime groups is 1. The Hall–Kier alpha value is -1.98. The van der Waals surface area contributed by atoms with Gasteiger partial charge in [-0.15, -0.1) is 0 Å². The van der Waals surface area contributed by atoms with E-state index >= 15 is 0 Å². The lowest BCUT2D eigenvalue weighted by Gasteiger charge is -2.17. The van der Waals surface area contributed by atoms with Gasteiger partial charge in [0.2, 0.25) is 0 Å². The number of anilines is 1. The molecule has 1 aliphatic rings. The van der Waals surface area contributed by atoms with Crippen LogP contribution in [0.3, 0.4) is 0 Å². The molecule has 1 aromatic carbocycles. The molecule has 6 heteroatoms. The van der Waals surface area contributed by atoms with E-state index < -0.39 is 0 Å². The van der Waals surface area contributed by atoms with Gasteiger partial charge in [0, 0.05) is 19.0 Å². The van der Waals surface area contributed by atoms with E-state index in [1.54, 1.807) is 6.07 Å². The van der Waals surface area contributed by atoms with Gasteiger partial charge in [0.05, 0.1) is 12.8 Å². The zero-order valence-electron chi connectivity index (χ0n) is 10.8. The number of hydrogen-bond acceptors (Lipinski definition) is 4. The summed E-state index contributed by atoms with van der Waals surface area (Å²) < 4.78 is 18.2. The van der Waals surface area contributed by atoms with E-state index in [9.17, 15) is 4.39 Å². The van der Waals surface area contributed by atoms with Crippen molar-refractivity contribution >= 4 is 11.5 Å². The molecule has 0 aromatic heterocycles. The summed E-state index contributed by atoms with van der Waals surface area (Å²) in [5, 5.41) is 14.9. The van der Waals surface area contributed by atoms with Crippen LogP contribution in [0.2, 0.25) is 0 Å². The van der Waals surface area contributed by atoms with Crippen LogP contribution in [0.4, 0.5) is 10.1 Å². The predicted octanol–water partition coefficient (Wildman–Crippen LogP) is 2.16. The molecular formula is C13H18FN3O2. The Morgan fingerprint density at radius 1 is 1.58 bits per heavy atom. The van der Waals surface area contributed by atoms with Gasteiger partial charge < -0.3 is 21.0 Å². The average Bonchev–Trinajstić information content (AvgIpc) is 3.17. The summed E-state index contributed by atoms with van der Waals surface area (Å²) >= 11 is 0. The lowest BCUT2D eigenvalue weighted by Crippen LogP contribution is -2.23. The Morgan fingerprint density at radius 2 is 2.32 bits per heavy atom. The zero-order valence-corrected chi connectivity index (χ0v) is 10.8. The van der Waals surface area contributed by atoms with Crippen LogP contribution >= 0.6 is 0 Å².